The Kier molecular flexibility index (Phi) is 8.95. The van der Waals surface area contributed by atoms with Crippen LogP contribution in [0.4, 0.5) is 19.1 Å². The standard InChI is InChI=1S/C34H38F3N5O4S.ClH/c1-21-5-3-6-22(2)29(21)27-16-28-40-31(39-27)41-47(44,45)26-8-4-7-23(15-26)30(43)42(24-17-32(18-24)11-13-38-14-12-32)25(20-46-28)19-33(9-10-33)34(35,36)37;/h3-8,15-16,24-25,38H,9-14,17-20H2,1-2H3,(H,39,40,41);1H/t25-;/m1./s1. The quantitative estimate of drug-likeness (QED) is 0.321. The fourth-order valence-corrected chi connectivity index (χ4v) is 8.76. The van der Waals surface area contributed by atoms with Crippen molar-refractivity contribution in [2.45, 2.75) is 81.9 Å². The second-order valence-electron chi connectivity index (χ2n) is 13.8. The number of fused-ring (bicyclic) bond motifs is 4. The number of aryl methyl sites for hydroxylation is 2. The highest BCUT2D eigenvalue weighted by Crippen LogP contribution is 2.61. The Bertz CT molecular complexity index is 1800. The van der Waals surface area contributed by atoms with E-state index in [9.17, 15) is 26.4 Å². The maximum absolute atomic E-state index is 14.5. The smallest absolute Gasteiger partial charge is 0.394 e. The van der Waals surface area contributed by atoms with Crippen LogP contribution in [0.15, 0.2) is 53.4 Å². The molecule has 14 heteroatoms. The van der Waals surface area contributed by atoms with Gasteiger partial charge in [-0.2, -0.15) is 18.2 Å². The Morgan fingerprint density at radius 3 is 2.29 bits per heavy atom. The molecule has 0 unspecified atom stereocenters. The number of sulfonamides is 1. The molecule has 1 saturated heterocycles. The van der Waals surface area contributed by atoms with Gasteiger partial charge < -0.3 is 15.0 Å². The van der Waals surface area contributed by atoms with Gasteiger partial charge in [0.2, 0.25) is 11.8 Å². The van der Waals surface area contributed by atoms with Gasteiger partial charge in [-0.15, -0.1) is 12.4 Å². The molecule has 3 aromatic rings. The van der Waals surface area contributed by atoms with E-state index in [0.29, 0.717) is 18.5 Å². The number of carbonyl (C=O) groups is 1. The molecule has 2 aliphatic carbocycles. The van der Waals surface area contributed by atoms with Crippen molar-refractivity contribution in [2.24, 2.45) is 10.8 Å². The number of carbonyl (C=O) groups excluding carboxylic acids is 1. The summed E-state index contributed by atoms with van der Waals surface area (Å²) in [6, 6.07) is 11.7. The summed E-state index contributed by atoms with van der Waals surface area (Å²) in [5, 5.41) is 3.37. The number of hydrogen-bond acceptors (Lipinski definition) is 7. The van der Waals surface area contributed by atoms with Crippen LogP contribution in [0, 0.1) is 24.7 Å². The Hall–Kier alpha value is -3.42. The predicted octanol–water partition coefficient (Wildman–Crippen LogP) is 6.45. The molecule has 1 aromatic heterocycles. The highest BCUT2D eigenvalue weighted by molar-refractivity contribution is 7.92. The number of benzene rings is 2. The molecule has 1 amide bonds. The summed E-state index contributed by atoms with van der Waals surface area (Å²) >= 11 is 0. The first-order chi connectivity index (χ1) is 22.3. The molecule has 4 aliphatic rings. The second-order valence-corrected chi connectivity index (χ2v) is 15.5. The van der Waals surface area contributed by atoms with Gasteiger partial charge in [-0.1, -0.05) is 24.3 Å². The molecule has 0 radical (unpaired) electrons. The molecule has 2 aliphatic heterocycles. The van der Waals surface area contributed by atoms with Gasteiger partial charge in [0.25, 0.3) is 15.9 Å². The predicted molar refractivity (Wildman–Crippen MR) is 177 cm³/mol. The second kappa shape index (κ2) is 12.5. The van der Waals surface area contributed by atoms with Crippen LogP contribution in [-0.4, -0.2) is 67.1 Å². The molecule has 2 saturated carbocycles. The lowest BCUT2D eigenvalue weighted by atomic mass is 9.60. The maximum atomic E-state index is 14.5. The normalized spacial score (nSPS) is 22.9. The fourth-order valence-electron chi connectivity index (χ4n) is 7.77. The topological polar surface area (TPSA) is 114 Å². The van der Waals surface area contributed by atoms with Crippen LogP contribution in [-0.2, 0) is 10.0 Å². The molecule has 258 valence electrons. The first kappa shape index (κ1) is 34.4. The van der Waals surface area contributed by atoms with Gasteiger partial charge in [0.1, 0.15) is 6.61 Å². The number of rotatable bonds is 4. The van der Waals surface area contributed by atoms with Crippen LogP contribution >= 0.6 is 12.4 Å². The molecule has 48 heavy (non-hydrogen) atoms. The minimum atomic E-state index is -4.44. The van der Waals surface area contributed by atoms with E-state index in [2.05, 4.69) is 20.0 Å². The summed E-state index contributed by atoms with van der Waals surface area (Å²) in [4.78, 5) is 24.7. The third-order valence-electron chi connectivity index (χ3n) is 10.6. The average Bonchev–Trinajstić information content (AvgIpc) is 3.80. The number of alkyl halides is 3. The lowest BCUT2D eigenvalue weighted by molar-refractivity contribution is -0.194. The van der Waals surface area contributed by atoms with E-state index in [0.717, 1.165) is 42.6 Å². The van der Waals surface area contributed by atoms with E-state index >= 15 is 0 Å². The van der Waals surface area contributed by atoms with Crippen LogP contribution in [0.3, 0.4) is 0 Å². The number of anilines is 1. The van der Waals surface area contributed by atoms with E-state index < -0.39 is 33.6 Å². The van der Waals surface area contributed by atoms with Crippen LogP contribution in [0.2, 0.25) is 0 Å². The van der Waals surface area contributed by atoms with Gasteiger partial charge in [0.15, 0.2) is 0 Å². The van der Waals surface area contributed by atoms with Crippen molar-refractivity contribution in [3.05, 3.63) is 65.2 Å². The van der Waals surface area contributed by atoms with Gasteiger partial charge in [-0.3, -0.25) is 4.79 Å². The van der Waals surface area contributed by atoms with Crippen molar-refractivity contribution in [1.82, 2.24) is 20.2 Å². The molecule has 7 rings (SSSR count). The van der Waals surface area contributed by atoms with E-state index in [1.165, 1.54) is 24.3 Å². The SMILES string of the molecule is Cc1cccc(C)c1-c1cc2nc(n1)NS(=O)(=O)c1cccc(c1)C(=O)N(C1CC3(CCNCC3)C1)[C@H](CC1(C(F)(F)F)CC1)CO2.Cl. The Morgan fingerprint density at radius 1 is 0.979 bits per heavy atom. The monoisotopic (exact) mass is 705 g/mol. The lowest BCUT2D eigenvalue weighted by Gasteiger charge is -2.55. The summed E-state index contributed by atoms with van der Waals surface area (Å²) in [5.74, 6) is -0.750. The van der Waals surface area contributed by atoms with E-state index in [1.807, 2.05) is 32.0 Å². The van der Waals surface area contributed by atoms with Gasteiger partial charge in [0, 0.05) is 23.2 Å². The number of aromatic nitrogens is 2. The largest absolute Gasteiger partial charge is 0.475 e. The van der Waals surface area contributed by atoms with E-state index in [4.69, 9.17) is 4.74 Å². The third kappa shape index (κ3) is 6.36. The van der Waals surface area contributed by atoms with Gasteiger partial charge in [0.05, 0.1) is 22.0 Å². The number of nitrogens with one attached hydrogen (secondary N) is 2. The average molecular weight is 706 g/mol. The maximum Gasteiger partial charge on any atom is 0.394 e. The van der Waals surface area contributed by atoms with Crippen LogP contribution in [0.1, 0.15) is 66.4 Å². The Morgan fingerprint density at radius 2 is 1.65 bits per heavy atom. The van der Waals surface area contributed by atoms with Gasteiger partial charge >= 0.3 is 6.18 Å². The fraction of sp³-hybridized carbons (Fsp3) is 0.500. The highest BCUT2D eigenvalue weighted by atomic mass is 35.5. The van der Waals surface area contributed by atoms with Crippen LogP contribution in [0.25, 0.3) is 11.3 Å². The zero-order valence-electron chi connectivity index (χ0n) is 26.8. The van der Waals surface area contributed by atoms with Crippen molar-refractivity contribution >= 4 is 34.3 Å². The first-order valence-electron chi connectivity index (χ1n) is 16.1. The molecular weight excluding hydrogens is 667 g/mol. The number of amides is 1. The number of ether oxygens (including phenoxy) is 1. The lowest BCUT2D eigenvalue weighted by Crippen LogP contribution is -2.60. The number of hydrogen-bond donors (Lipinski definition) is 2. The third-order valence-corrected chi connectivity index (χ3v) is 11.9. The summed E-state index contributed by atoms with van der Waals surface area (Å²) < 4.78 is 79.3. The van der Waals surface area contributed by atoms with Crippen molar-refractivity contribution in [2.75, 3.05) is 24.4 Å². The summed E-state index contributed by atoms with van der Waals surface area (Å²) in [6.45, 7) is 5.28. The molecule has 2 aromatic carbocycles. The summed E-state index contributed by atoms with van der Waals surface area (Å²) in [6.07, 6.45) is -1.57. The summed E-state index contributed by atoms with van der Waals surface area (Å²) in [7, 11) is -4.26. The zero-order valence-corrected chi connectivity index (χ0v) is 28.4. The molecule has 9 nitrogen and oxygen atoms in total. The Balaban J connectivity index is 0.00000401. The molecule has 3 heterocycles. The highest BCUT2D eigenvalue weighted by Gasteiger charge is 2.64. The number of nitrogens with zero attached hydrogens (tertiary/aromatic N) is 3. The minimum Gasteiger partial charge on any atom is -0.475 e. The van der Waals surface area contributed by atoms with Crippen LogP contribution in [0.5, 0.6) is 5.88 Å². The van der Waals surface area contributed by atoms with Crippen molar-refractivity contribution in [3.8, 4) is 17.1 Å². The number of halogens is 4. The van der Waals surface area contributed by atoms with Crippen molar-refractivity contribution < 1.29 is 31.1 Å². The minimum absolute atomic E-state index is 0. The van der Waals surface area contributed by atoms with Crippen molar-refractivity contribution in [3.63, 3.8) is 0 Å². The first-order valence-corrected chi connectivity index (χ1v) is 17.6. The van der Waals surface area contributed by atoms with E-state index in [-0.39, 0.29) is 72.0 Å². The molecule has 3 fully saturated rings. The molecule has 4 bridgehead atoms. The summed E-state index contributed by atoms with van der Waals surface area (Å²) in [5.41, 5.74) is 1.15. The van der Waals surface area contributed by atoms with E-state index in [1.54, 1.807) is 11.0 Å². The Labute approximate surface area is 284 Å². The molecular formula is C34H39ClF3N5O4S. The van der Waals surface area contributed by atoms with Crippen molar-refractivity contribution in [1.29, 1.82) is 0 Å². The van der Waals surface area contributed by atoms with Crippen LogP contribution < -0.4 is 14.8 Å². The number of piperidine rings is 1. The van der Waals surface area contributed by atoms with Gasteiger partial charge in [-0.05, 0) is 107 Å². The van der Waals surface area contributed by atoms with Gasteiger partial charge in [-0.25, -0.2) is 18.1 Å². The zero-order chi connectivity index (χ0) is 33.2. The molecule has 2 N–H and O–H groups in total. The molecule has 1 spiro atoms. The molecule has 1 atom stereocenters.